The van der Waals surface area contributed by atoms with Crippen LogP contribution in [-0.4, -0.2) is 33.0 Å². The molecule has 3 aromatic heterocycles. The number of hydrogen-bond acceptors (Lipinski definition) is 5. The normalized spacial score (nSPS) is 16.0. The van der Waals surface area contributed by atoms with Gasteiger partial charge in [-0.15, -0.1) is 0 Å². The van der Waals surface area contributed by atoms with Crippen LogP contribution in [0, 0.1) is 0 Å². The zero-order valence-electron chi connectivity index (χ0n) is 12.2. The number of rotatable bonds is 2. The molecule has 0 radical (unpaired) electrons. The molecule has 0 aliphatic carbocycles. The Morgan fingerprint density at radius 3 is 2.50 bits per heavy atom. The lowest BCUT2D eigenvalue weighted by molar-refractivity contribution is 0.455. The van der Waals surface area contributed by atoms with Crippen LogP contribution in [-0.2, 0) is 0 Å². The van der Waals surface area contributed by atoms with Crippen molar-refractivity contribution in [3.05, 3.63) is 48.7 Å². The summed E-state index contributed by atoms with van der Waals surface area (Å²) in [5, 5.41) is 4.54. The molecule has 22 heavy (non-hydrogen) atoms. The SMILES string of the molecule is c1cc(-c2nc(C3CCNCC3)c3ccncc3n2)ccn1. The van der Waals surface area contributed by atoms with Gasteiger partial charge in [-0.3, -0.25) is 9.97 Å². The molecule has 4 heterocycles. The highest BCUT2D eigenvalue weighted by Gasteiger charge is 2.20. The van der Waals surface area contributed by atoms with Crippen molar-refractivity contribution in [2.75, 3.05) is 13.1 Å². The Bertz CT molecular complexity index is 781. The van der Waals surface area contributed by atoms with Gasteiger partial charge in [0, 0.05) is 35.5 Å². The number of hydrogen-bond donors (Lipinski definition) is 1. The van der Waals surface area contributed by atoms with E-state index in [4.69, 9.17) is 4.98 Å². The van der Waals surface area contributed by atoms with Crippen molar-refractivity contribution in [3.63, 3.8) is 0 Å². The molecule has 110 valence electrons. The lowest BCUT2D eigenvalue weighted by atomic mass is 9.92. The number of nitrogens with zero attached hydrogens (tertiary/aromatic N) is 4. The van der Waals surface area contributed by atoms with Crippen molar-refractivity contribution in [1.29, 1.82) is 0 Å². The maximum Gasteiger partial charge on any atom is 0.160 e. The highest BCUT2D eigenvalue weighted by Crippen LogP contribution is 2.30. The number of aromatic nitrogens is 4. The number of nitrogens with one attached hydrogen (secondary N) is 1. The second-order valence-electron chi connectivity index (χ2n) is 5.59. The largest absolute Gasteiger partial charge is 0.317 e. The summed E-state index contributed by atoms with van der Waals surface area (Å²) < 4.78 is 0. The summed E-state index contributed by atoms with van der Waals surface area (Å²) in [5.74, 6) is 1.24. The van der Waals surface area contributed by atoms with Gasteiger partial charge in [0.2, 0.25) is 0 Å². The molecule has 5 nitrogen and oxygen atoms in total. The summed E-state index contributed by atoms with van der Waals surface area (Å²) in [4.78, 5) is 17.9. The third-order valence-electron chi connectivity index (χ3n) is 4.19. The first-order valence-corrected chi connectivity index (χ1v) is 7.64. The van der Waals surface area contributed by atoms with Crippen molar-refractivity contribution < 1.29 is 0 Å². The van der Waals surface area contributed by atoms with Crippen LogP contribution < -0.4 is 5.32 Å². The van der Waals surface area contributed by atoms with Crippen molar-refractivity contribution in [1.82, 2.24) is 25.3 Å². The molecule has 0 aromatic carbocycles. The molecule has 4 rings (SSSR count). The van der Waals surface area contributed by atoms with Gasteiger partial charge in [-0.05, 0) is 44.1 Å². The molecular formula is C17H17N5. The summed E-state index contributed by atoms with van der Waals surface area (Å²) in [5.41, 5.74) is 3.06. The molecule has 0 unspecified atom stereocenters. The lowest BCUT2D eigenvalue weighted by Gasteiger charge is -2.23. The average Bonchev–Trinajstić information content (AvgIpc) is 2.62. The minimum atomic E-state index is 0.481. The Morgan fingerprint density at radius 1 is 0.909 bits per heavy atom. The van der Waals surface area contributed by atoms with E-state index in [1.807, 2.05) is 30.6 Å². The van der Waals surface area contributed by atoms with Crippen molar-refractivity contribution in [2.45, 2.75) is 18.8 Å². The van der Waals surface area contributed by atoms with Gasteiger partial charge in [-0.25, -0.2) is 9.97 Å². The lowest BCUT2D eigenvalue weighted by Crippen LogP contribution is -2.27. The monoisotopic (exact) mass is 291 g/mol. The highest BCUT2D eigenvalue weighted by atomic mass is 14.9. The Balaban J connectivity index is 1.89. The van der Waals surface area contributed by atoms with Gasteiger partial charge in [-0.1, -0.05) is 0 Å². The molecule has 0 atom stereocenters. The van der Waals surface area contributed by atoms with Crippen LogP contribution in [0.1, 0.15) is 24.5 Å². The third kappa shape index (κ3) is 2.44. The number of fused-ring (bicyclic) bond motifs is 1. The summed E-state index contributed by atoms with van der Waals surface area (Å²) in [6, 6.07) is 5.93. The van der Waals surface area contributed by atoms with Crippen LogP contribution in [0.15, 0.2) is 43.0 Å². The smallest absolute Gasteiger partial charge is 0.160 e. The quantitative estimate of drug-likeness (QED) is 0.786. The standard InChI is InChI=1S/C17H17N5/c1-6-18-7-2-12(1)16-14-5-10-20-11-15(14)21-17(22-16)13-3-8-19-9-4-13/h3-5,8-12,18H,1-2,6-7H2. The molecule has 1 N–H and O–H groups in total. The van der Waals surface area contributed by atoms with Gasteiger partial charge in [0.15, 0.2) is 5.82 Å². The van der Waals surface area contributed by atoms with Gasteiger partial charge < -0.3 is 5.32 Å². The van der Waals surface area contributed by atoms with E-state index in [1.165, 1.54) is 0 Å². The minimum Gasteiger partial charge on any atom is -0.317 e. The van der Waals surface area contributed by atoms with Crippen molar-refractivity contribution >= 4 is 10.9 Å². The topological polar surface area (TPSA) is 63.6 Å². The van der Waals surface area contributed by atoms with Crippen LogP contribution >= 0.6 is 0 Å². The second-order valence-corrected chi connectivity index (χ2v) is 5.59. The maximum atomic E-state index is 4.90. The predicted molar refractivity (Wildman–Crippen MR) is 85.4 cm³/mol. The molecule has 5 heteroatoms. The molecule has 1 fully saturated rings. The first kappa shape index (κ1) is 13.3. The van der Waals surface area contributed by atoms with Gasteiger partial charge in [0.05, 0.1) is 17.4 Å². The van der Waals surface area contributed by atoms with E-state index in [2.05, 4.69) is 20.3 Å². The van der Waals surface area contributed by atoms with E-state index in [0.717, 1.165) is 53.9 Å². The number of piperidine rings is 1. The first-order chi connectivity index (χ1) is 10.9. The molecule has 1 aliphatic heterocycles. The molecule has 1 saturated heterocycles. The van der Waals surface area contributed by atoms with Crippen molar-refractivity contribution in [3.8, 4) is 11.4 Å². The highest BCUT2D eigenvalue weighted by molar-refractivity contribution is 5.82. The van der Waals surface area contributed by atoms with E-state index in [-0.39, 0.29) is 0 Å². The Hall–Kier alpha value is -2.40. The van der Waals surface area contributed by atoms with Crippen LogP contribution in [0.5, 0.6) is 0 Å². The van der Waals surface area contributed by atoms with Crippen LogP contribution in [0.3, 0.4) is 0 Å². The Labute approximate surface area is 128 Å². The van der Waals surface area contributed by atoms with Crippen molar-refractivity contribution in [2.24, 2.45) is 0 Å². The van der Waals surface area contributed by atoms with Gasteiger partial charge in [-0.2, -0.15) is 0 Å². The first-order valence-electron chi connectivity index (χ1n) is 7.64. The van der Waals surface area contributed by atoms with Crippen LogP contribution in [0.4, 0.5) is 0 Å². The zero-order valence-corrected chi connectivity index (χ0v) is 12.2. The molecule has 1 aliphatic rings. The molecule has 3 aromatic rings. The molecule has 0 saturated carbocycles. The maximum absolute atomic E-state index is 4.90. The van der Waals surface area contributed by atoms with Crippen LogP contribution in [0.2, 0.25) is 0 Å². The van der Waals surface area contributed by atoms with E-state index in [1.54, 1.807) is 12.4 Å². The molecular weight excluding hydrogens is 274 g/mol. The minimum absolute atomic E-state index is 0.481. The average molecular weight is 291 g/mol. The fraction of sp³-hybridized carbons (Fsp3) is 0.294. The van der Waals surface area contributed by atoms with Gasteiger partial charge in [0.25, 0.3) is 0 Å². The van der Waals surface area contributed by atoms with E-state index in [9.17, 15) is 0 Å². The summed E-state index contributed by atoms with van der Waals surface area (Å²) in [6.45, 7) is 2.09. The predicted octanol–water partition coefficient (Wildman–Crippen LogP) is 2.55. The molecule has 0 spiro atoms. The molecule has 0 bridgehead atoms. The van der Waals surface area contributed by atoms with E-state index >= 15 is 0 Å². The fourth-order valence-electron chi connectivity index (χ4n) is 3.04. The Morgan fingerprint density at radius 2 is 1.68 bits per heavy atom. The summed E-state index contributed by atoms with van der Waals surface area (Å²) in [7, 11) is 0. The third-order valence-corrected chi connectivity index (χ3v) is 4.19. The van der Waals surface area contributed by atoms with E-state index < -0.39 is 0 Å². The van der Waals surface area contributed by atoms with Gasteiger partial charge in [0.1, 0.15) is 0 Å². The molecule has 0 amide bonds. The zero-order chi connectivity index (χ0) is 14.8. The van der Waals surface area contributed by atoms with E-state index in [0.29, 0.717) is 5.92 Å². The second kappa shape index (κ2) is 5.77. The summed E-state index contributed by atoms with van der Waals surface area (Å²) in [6.07, 6.45) is 9.43. The fourth-order valence-corrected chi connectivity index (χ4v) is 3.04. The summed E-state index contributed by atoms with van der Waals surface area (Å²) >= 11 is 0. The van der Waals surface area contributed by atoms with Gasteiger partial charge >= 0.3 is 0 Å². The Kier molecular flexibility index (Phi) is 3.48. The van der Waals surface area contributed by atoms with Crippen LogP contribution in [0.25, 0.3) is 22.3 Å². The number of pyridine rings is 2.